The summed E-state index contributed by atoms with van der Waals surface area (Å²) in [5, 5.41) is 2.81. The lowest BCUT2D eigenvalue weighted by Crippen LogP contribution is -2.26. The molecule has 0 unspecified atom stereocenters. The molecule has 6 heteroatoms. The zero-order chi connectivity index (χ0) is 21.0. The summed E-state index contributed by atoms with van der Waals surface area (Å²) in [5.74, 6) is 2.17. The van der Waals surface area contributed by atoms with E-state index >= 15 is 0 Å². The van der Waals surface area contributed by atoms with Crippen molar-refractivity contribution in [2.75, 3.05) is 33.5 Å². The maximum atomic E-state index is 11.7. The van der Waals surface area contributed by atoms with E-state index in [-0.39, 0.29) is 6.09 Å². The van der Waals surface area contributed by atoms with Gasteiger partial charge in [-0.05, 0) is 48.8 Å². The van der Waals surface area contributed by atoms with E-state index in [9.17, 15) is 4.79 Å². The third-order valence-electron chi connectivity index (χ3n) is 4.89. The van der Waals surface area contributed by atoms with Crippen molar-refractivity contribution in [3.63, 3.8) is 0 Å². The van der Waals surface area contributed by atoms with Gasteiger partial charge in [0.05, 0.1) is 13.2 Å². The van der Waals surface area contributed by atoms with Gasteiger partial charge in [-0.2, -0.15) is 0 Å². The van der Waals surface area contributed by atoms with Gasteiger partial charge >= 0.3 is 6.09 Å². The Morgan fingerprint density at radius 2 is 1.87 bits per heavy atom. The van der Waals surface area contributed by atoms with E-state index in [1.165, 1.54) is 12.8 Å². The molecule has 1 amide bonds. The van der Waals surface area contributed by atoms with Crippen molar-refractivity contribution in [3.8, 4) is 11.5 Å². The van der Waals surface area contributed by atoms with E-state index in [1.807, 2.05) is 48.5 Å². The smallest absolute Gasteiger partial charge is 0.407 e. The van der Waals surface area contributed by atoms with Gasteiger partial charge in [0.2, 0.25) is 0 Å². The molecule has 30 heavy (non-hydrogen) atoms. The minimum Gasteiger partial charge on any atom is -0.491 e. The molecule has 0 saturated heterocycles. The molecule has 1 saturated carbocycles. The van der Waals surface area contributed by atoms with Crippen LogP contribution in [0.15, 0.2) is 48.5 Å². The van der Waals surface area contributed by atoms with Gasteiger partial charge in [0.25, 0.3) is 0 Å². The number of aryl methyl sites for hydroxylation is 1. The van der Waals surface area contributed by atoms with Crippen molar-refractivity contribution >= 4 is 6.09 Å². The van der Waals surface area contributed by atoms with Crippen LogP contribution >= 0.6 is 0 Å². The molecule has 0 spiro atoms. The highest BCUT2D eigenvalue weighted by Gasteiger charge is 2.21. The largest absolute Gasteiger partial charge is 0.491 e. The Labute approximate surface area is 178 Å². The molecule has 1 aliphatic carbocycles. The normalized spacial score (nSPS) is 13.0. The Morgan fingerprint density at radius 1 is 1.03 bits per heavy atom. The lowest BCUT2D eigenvalue weighted by atomic mass is 10.1. The number of alkyl carbamates (subject to hydrolysis) is 1. The second-order valence-electron chi connectivity index (χ2n) is 7.45. The van der Waals surface area contributed by atoms with Gasteiger partial charge in [0.1, 0.15) is 24.7 Å². The van der Waals surface area contributed by atoms with Crippen molar-refractivity contribution in [1.29, 1.82) is 0 Å². The van der Waals surface area contributed by atoms with Gasteiger partial charge in [-0.15, -0.1) is 0 Å². The number of hydrogen-bond acceptors (Lipinski definition) is 5. The molecule has 1 fully saturated rings. The van der Waals surface area contributed by atoms with Crippen molar-refractivity contribution < 1.29 is 23.7 Å². The van der Waals surface area contributed by atoms with Crippen LogP contribution in [0.3, 0.4) is 0 Å². The fourth-order valence-corrected chi connectivity index (χ4v) is 2.97. The predicted molar refractivity (Wildman–Crippen MR) is 115 cm³/mol. The molecule has 162 valence electrons. The van der Waals surface area contributed by atoms with Gasteiger partial charge in [-0.25, -0.2) is 4.79 Å². The molecule has 6 nitrogen and oxygen atoms in total. The number of rotatable bonds is 13. The maximum absolute atomic E-state index is 11.7. The van der Waals surface area contributed by atoms with E-state index in [4.69, 9.17) is 18.9 Å². The lowest BCUT2D eigenvalue weighted by molar-refractivity contribution is 0.144. The first-order valence-corrected chi connectivity index (χ1v) is 10.6. The van der Waals surface area contributed by atoms with Crippen LogP contribution in [0.25, 0.3) is 0 Å². The first-order chi connectivity index (χ1) is 14.7. The highest BCUT2D eigenvalue weighted by Crippen LogP contribution is 2.28. The number of amides is 1. The molecule has 0 radical (unpaired) electrons. The summed E-state index contributed by atoms with van der Waals surface area (Å²) in [6, 6.07) is 15.9. The van der Waals surface area contributed by atoms with Gasteiger partial charge in [-0.3, -0.25) is 0 Å². The van der Waals surface area contributed by atoms with Crippen LogP contribution < -0.4 is 14.8 Å². The van der Waals surface area contributed by atoms with Crippen LogP contribution in [-0.4, -0.2) is 39.6 Å². The standard InChI is InChI=1S/C24H31NO5/c1-27-14-15-28-22-12-11-21(8-5-13-29-24(26)25-17-19-9-10-19)23(16-22)30-18-20-6-3-2-4-7-20/h2-4,6-7,11-12,16,19H,5,8-10,13-15,17-18H2,1H3,(H,25,26). The Kier molecular flexibility index (Phi) is 8.84. The van der Waals surface area contributed by atoms with Crippen LogP contribution in [0, 0.1) is 5.92 Å². The van der Waals surface area contributed by atoms with E-state index in [0.717, 1.165) is 42.0 Å². The fourth-order valence-electron chi connectivity index (χ4n) is 2.97. The number of benzene rings is 2. The molecule has 0 aliphatic heterocycles. The van der Waals surface area contributed by atoms with Crippen molar-refractivity contribution in [1.82, 2.24) is 5.32 Å². The Bertz CT molecular complexity index is 776. The number of carbonyl (C=O) groups excluding carboxylic acids is 1. The zero-order valence-electron chi connectivity index (χ0n) is 17.6. The number of nitrogens with one attached hydrogen (secondary N) is 1. The number of hydrogen-bond donors (Lipinski definition) is 1. The molecule has 0 heterocycles. The first kappa shape index (κ1) is 22.0. The predicted octanol–water partition coefficient (Wildman–Crippen LogP) is 4.36. The van der Waals surface area contributed by atoms with E-state index in [2.05, 4.69) is 5.32 Å². The molecule has 3 rings (SSSR count). The van der Waals surface area contributed by atoms with Gasteiger partial charge < -0.3 is 24.3 Å². The topological polar surface area (TPSA) is 66.0 Å². The summed E-state index contributed by atoms with van der Waals surface area (Å²) in [5.41, 5.74) is 2.16. The van der Waals surface area contributed by atoms with Crippen LogP contribution in [0.4, 0.5) is 4.79 Å². The molecule has 0 bridgehead atoms. The zero-order valence-corrected chi connectivity index (χ0v) is 17.6. The molecular weight excluding hydrogens is 382 g/mol. The minimum atomic E-state index is -0.329. The summed E-state index contributed by atoms with van der Waals surface area (Å²) in [6.45, 7) is 2.59. The summed E-state index contributed by atoms with van der Waals surface area (Å²) in [7, 11) is 1.65. The van der Waals surface area contributed by atoms with Crippen molar-refractivity contribution in [2.45, 2.75) is 32.3 Å². The number of ether oxygens (including phenoxy) is 4. The Balaban J connectivity index is 1.51. The summed E-state index contributed by atoms with van der Waals surface area (Å²) in [6.07, 6.45) is 3.55. The second kappa shape index (κ2) is 12.1. The van der Waals surface area contributed by atoms with Crippen molar-refractivity contribution in [2.24, 2.45) is 5.92 Å². The van der Waals surface area contributed by atoms with Crippen LogP contribution in [0.5, 0.6) is 11.5 Å². The Morgan fingerprint density at radius 3 is 2.63 bits per heavy atom. The van der Waals surface area contributed by atoms with Crippen molar-refractivity contribution in [3.05, 3.63) is 59.7 Å². The van der Waals surface area contributed by atoms with Gasteiger partial charge in [0.15, 0.2) is 0 Å². The third kappa shape index (κ3) is 7.95. The quantitative estimate of drug-likeness (QED) is 0.494. The maximum Gasteiger partial charge on any atom is 0.407 e. The van der Waals surface area contributed by atoms with Gasteiger partial charge in [-0.1, -0.05) is 36.4 Å². The molecule has 2 aromatic rings. The molecule has 1 aliphatic rings. The first-order valence-electron chi connectivity index (χ1n) is 10.6. The molecule has 0 aromatic heterocycles. The number of methoxy groups -OCH3 is 1. The molecule has 1 N–H and O–H groups in total. The van der Waals surface area contributed by atoms with E-state index < -0.39 is 0 Å². The highest BCUT2D eigenvalue weighted by molar-refractivity contribution is 5.67. The molecule has 0 atom stereocenters. The third-order valence-corrected chi connectivity index (χ3v) is 4.89. The fraction of sp³-hybridized carbons (Fsp3) is 0.458. The summed E-state index contributed by atoms with van der Waals surface area (Å²) in [4.78, 5) is 11.7. The lowest BCUT2D eigenvalue weighted by Gasteiger charge is -2.14. The highest BCUT2D eigenvalue weighted by atomic mass is 16.5. The van der Waals surface area contributed by atoms with E-state index in [0.29, 0.717) is 32.3 Å². The average molecular weight is 414 g/mol. The molecule has 2 aromatic carbocycles. The second-order valence-corrected chi connectivity index (χ2v) is 7.45. The SMILES string of the molecule is COCCOc1ccc(CCCOC(=O)NCC2CC2)c(OCc2ccccc2)c1. The minimum absolute atomic E-state index is 0.329. The monoisotopic (exact) mass is 413 g/mol. The molecular formula is C24H31NO5. The van der Waals surface area contributed by atoms with Crippen LogP contribution in [0.1, 0.15) is 30.4 Å². The summed E-state index contributed by atoms with van der Waals surface area (Å²) >= 11 is 0. The van der Waals surface area contributed by atoms with E-state index in [1.54, 1.807) is 7.11 Å². The summed E-state index contributed by atoms with van der Waals surface area (Å²) < 4.78 is 22.1. The van der Waals surface area contributed by atoms with Gasteiger partial charge in [0, 0.05) is 19.7 Å². The average Bonchev–Trinajstić information content (AvgIpc) is 3.60. The van der Waals surface area contributed by atoms with Crippen LogP contribution in [0.2, 0.25) is 0 Å². The number of carbonyl (C=O) groups is 1. The van der Waals surface area contributed by atoms with Crippen LogP contribution in [-0.2, 0) is 22.5 Å². The Hall–Kier alpha value is -2.73.